The Labute approximate surface area is 96.9 Å². The number of hydrogen-bond donors (Lipinski definition) is 0. The molecule has 1 heterocycles. The molecule has 2 rings (SSSR count). The number of alkyl halides is 3. The van der Waals surface area contributed by atoms with Gasteiger partial charge in [-0.1, -0.05) is 18.2 Å². The minimum atomic E-state index is -4.35. The number of hydrogen-bond acceptors (Lipinski definition) is 1. The number of rotatable bonds is 1. The summed E-state index contributed by atoms with van der Waals surface area (Å²) in [6.07, 6.45) is -1.29. The van der Waals surface area contributed by atoms with E-state index in [4.69, 9.17) is 0 Å². The van der Waals surface area contributed by atoms with Gasteiger partial charge in [-0.3, -0.25) is 4.98 Å². The van der Waals surface area contributed by atoms with Crippen LogP contribution in [0.4, 0.5) is 13.2 Å². The predicted molar refractivity (Wildman–Crippen MR) is 59.4 cm³/mol. The zero-order chi connectivity index (χ0) is 12.5. The van der Waals surface area contributed by atoms with Crippen LogP contribution in [-0.2, 0) is 6.18 Å². The van der Waals surface area contributed by atoms with Crippen LogP contribution in [0.15, 0.2) is 42.7 Å². The summed E-state index contributed by atoms with van der Waals surface area (Å²) >= 11 is 0. The standard InChI is InChI=1S/C13H10F3N/c1-9-6-10(8-17-7-9)11-4-2-3-5-12(11)13(14,15)16/h2-8H,1H3. The average molecular weight is 237 g/mol. The highest BCUT2D eigenvalue weighted by Crippen LogP contribution is 2.36. The minimum absolute atomic E-state index is 0.163. The fourth-order valence-electron chi connectivity index (χ4n) is 1.68. The van der Waals surface area contributed by atoms with Gasteiger partial charge in [0.1, 0.15) is 0 Å². The maximum absolute atomic E-state index is 12.8. The van der Waals surface area contributed by atoms with Gasteiger partial charge in [0.2, 0.25) is 0 Å². The van der Waals surface area contributed by atoms with Crippen molar-refractivity contribution in [1.82, 2.24) is 4.98 Å². The molecular formula is C13H10F3N. The van der Waals surface area contributed by atoms with Crippen molar-refractivity contribution < 1.29 is 13.2 Å². The van der Waals surface area contributed by atoms with Crippen molar-refractivity contribution in [2.45, 2.75) is 13.1 Å². The van der Waals surface area contributed by atoms with Crippen molar-refractivity contribution in [3.8, 4) is 11.1 Å². The molecule has 0 atom stereocenters. The van der Waals surface area contributed by atoms with E-state index >= 15 is 0 Å². The number of aryl methyl sites for hydroxylation is 1. The molecule has 0 aliphatic carbocycles. The summed E-state index contributed by atoms with van der Waals surface area (Å²) in [7, 11) is 0. The molecule has 88 valence electrons. The summed E-state index contributed by atoms with van der Waals surface area (Å²) in [6.45, 7) is 1.80. The van der Waals surface area contributed by atoms with Crippen LogP contribution in [-0.4, -0.2) is 4.98 Å². The molecule has 0 unspecified atom stereocenters. The van der Waals surface area contributed by atoms with Crippen molar-refractivity contribution in [2.75, 3.05) is 0 Å². The quantitative estimate of drug-likeness (QED) is 0.728. The van der Waals surface area contributed by atoms with Crippen molar-refractivity contribution in [2.24, 2.45) is 0 Å². The molecule has 17 heavy (non-hydrogen) atoms. The Kier molecular flexibility index (Phi) is 2.88. The molecule has 1 aromatic heterocycles. The highest BCUT2D eigenvalue weighted by atomic mass is 19.4. The zero-order valence-corrected chi connectivity index (χ0v) is 9.12. The van der Waals surface area contributed by atoms with Gasteiger partial charge in [0, 0.05) is 18.0 Å². The lowest BCUT2D eigenvalue weighted by molar-refractivity contribution is -0.137. The number of aromatic nitrogens is 1. The second-order valence-electron chi connectivity index (χ2n) is 3.79. The summed E-state index contributed by atoms with van der Waals surface area (Å²) in [5, 5.41) is 0. The van der Waals surface area contributed by atoms with E-state index in [-0.39, 0.29) is 5.56 Å². The Morgan fingerprint density at radius 3 is 2.41 bits per heavy atom. The van der Waals surface area contributed by atoms with Crippen LogP contribution >= 0.6 is 0 Å². The first-order valence-corrected chi connectivity index (χ1v) is 5.07. The van der Waals surface area contributed by atoms with Crippen molar-refractivity contribution in [1.29, 1.82) is 0 Å². The first kappa shape index (κ1) is 11.6. The second kappa shape index (κ2) is 4.20. The van der Waals surface area contributed by atoms with Crippen molar-refractivity contribution in [3.63, 3.8) is 0 Å². The Balaban J connectivity index is 2.60. The summed E-state index contributed by atoms with van der Waals surface area (Å²) in [6, 6.07) is 7.21. The van der Waals surface area contributed by atoms with Gasteiger partial charge < -0.3 is 0 Å². The van der Waals surface area contributed by atoms with E-state index in [1.165, 1.54) is 18.3 Å². The highest BCUT2D eigenvalue weighted by Gasteiger charge is 2.33. The number of halogens is 3. The molecule has 0 saturated carbocycles. The van der Waals surface area contributed by atoms with E-state index in [2.05, 4.69) is 4.98 Å². The molecule has 1 nitrogen and oxygen atoms in total. The molecular weight excluding hydrogens is 227 g/mol. The number of pyridine rings is 1. The van der Waals surface area contributed by atoms with Gasteiger partial charge in [-0.2, -0.15) is 13.2 Å². The minimum Gasteiger partial charge on any atom is -0.264 e. The molecule has 0 aliphatic rings. The van der Waals surface area contributed by atoms with Crippen LogP contribution in [0.25, 0.3) is 11.1 Å². The van der Waals surface area contributed by atoms with Crippen LogP contribution in [0.5, 0.6) is 0 Å². The van der Waals surface area contributed by atoms with Gasteiger partial charge >= 0.3 is 6.18 Å². The van der Waals surface area contributed by atoms with E-state index in [0.29, 0.717) is 5.56 Å². The van der Waals surface area contributed by atoms with Gasteiger partial charge in [0.25, 0.3) is 0 Å². The molecule has 0 aliphatic heterocycles. The van der Waals surface area contributed by atoms with Gasteiger partial charge in [-0.25, -0.2) is 0 Å². The third kappa shape index (κ3) is 2.46. The molecule has 0 radical (unpaired) electrons. The third-order valence-corrected chi connectivity index (χ3v) is 2.42. The van der Waals surface area contributed by atoms with Gasteiger partial charge in [-0.05, 0) is 30.2 Å². The average Bonchev–Trinajstić information content (AvgIpc) is 2.28. The number of nitrogens with zero attached hydrogens (tertiary/aromatic N) is 1. The van der Waals surface area contributed by atoms with Crippen molar-refractivity contribution in [3.05, 3.63) is 53.9 Å². The monoisotopic (exact) mass is 237 g/mol. The second-order valence-corrected chi connectivity index (χ2v) is 3.79. The predicted octanol–water partition coefficient (Wildman–Crippen LogP) is 4.08. The largest absolute Gasteiger partial charge is 0.417 e. The van der Waals surface area contributed by atoms with Crippen molar-refractivity contribution >= 4 is 0 Å². The molecule has 2 aromatic rings. The van der Waals surface area contributed by atoms with Gasteiger partial charge in [-0.15, -0.1) is 0 Å². The zero-order valence-electron chi connectivity index (χ0n) is 9.12. The fraction of sp³-hybridized carbons (Fsp3) is 0.154. The fourth-order valence-corrected chi connectivity index (χ4v) is 1.68. The SMILES string of the molecule is Cc1cncc(-c2ccccc2C(F)(F)F)c1. The molecule has 0 bridgehead atoms. The van der Waals surface area contributed by atoms with E-state index in [9.17, 15) is 13.2 Å². The first-order chi connectivity index (χ1) is 7.98. The Morgan fingerprint density at radius 1 is 1.06 bits per heavy atom. The topological polar surface area (TPSA) is 12.9 Å². The van der Waals surface area contributed by atoms with Crippen LogP contribution in [0.1, 0.15) is 11.1 Å². The van der Waals surface area contributed by atoms with E-state index in [1.807, 2.05) is 0 Å². The number of benzene rings is 1. The summed E-state index contributed by atoms with van der Waals surface area (Å²) in [4.78, 5) is 3.92. The van der Waals surface area contributed by atoms with Crippen LogP contribution < -0.4 is 0 Å². The molecule has 1 aromatic carbocycles. The van der Waals surface area contributed by atoms with E-state index in [0.717, 1.165) is 11.6 Å². The van der Waals surface area contributed by atoms with Crippen LogP contribution in [0, 0.1) is 6.92 Å². The molecule has 0 amide bonds. The maximum Gasteiger partial charge on any atom is 0.417 e. The van der Waals surface area contributed by atoms with E-state index < -0.39 is 11.7 Å². The Morgan fingerprint density at radius 2 is 1.76 bits per heavy atom. The van der Waals surface area contributed by atoms with Crippen LogP contribution in [0.3, 0.4) is 0 Å². The maximum atomic E-state index is 12.8. The normalized spacial score (nSPS) is 11.5. The molecule has 0 spiro atoms. The van der Waals surface area contributed by atoms with Crippen LogP contribution in [0.2, 0.25) is 0 Å². The summed E-state index contributed by atoms with van der Waals surface area (Å²) in [5.74, 6) is 0. The molecule has 0 N–H and O–H groups in total. The lowest BCUT2D eigenvalue weighted by atomic mass is 10.00. The first-order valence-electron chi connectivity index (χ1n) is 5.07. The Hall–Kier alpha value is -1.84. The lowest BCUT2D eigenvalue weighted by Crippen LogP contribution is -2.06. The van der Waals surface area contributed by atoms with E-state index in [1.54, 1.807) is 25.3 Å². The lowest BCUT2D eigenvalue weighted by Gasteiger charge is -2.12. The molecule has 0 saturated heterocycles. The summed E-state index contributed by atoms with van der Waals surface area (Å²) in [5.41, 5.74) is 0.848. The van der Waals surface area contributed by atoms with Gasteiger partial charge in [0.15, 0.2) is 0 Å². The third-order valence-electron chi connectivity index (χ3n) is 2.42. The Bertz CT molecular complexity index is 532. The molecule has 4 heteroatoms. The smallest absolute Gasteiger partial charge is 0.264 e. The molecule has 0 fully saturated rings. The summed E-state index contributed by atoms with van der Waals surface area (Å²) < 4.78 is 38.4. The van der Waals surface area contributed by atoms with Gasteiger partial charge in [0.05, 0.1) is 5.56 Å². The highest BCUT2D eigenvalue weighted by molar-refractivity contribution is 5.67.